The van der Waals surface area contributed by atoms with E-state index in [1.165, 1.54) is 17.0 Å². The molecule has 2 rings (SSSR count). The van der Waals surface area contributed by atoms with Crippen molar-refractivity contribution in [2.24, 2.45) is 0 Å². The molecular weight excluding hydrogens is 292 g/mol. The van der Waals surface area contributed by atoms with E-state index in [0.29, 0.717) is 0 Å². The van der Waals surface area contributed by atoms with Gasteiger partial charge in [-0.3, -0.25) is 9.59 Å². The molecule has 0 fully saturated rings. The number of carbonyl (C=O) groups excluding carboxylic acids is 2. The Kier molecular flexibility index (Phi) is 5.36. The van der Waals surface area contributed by atoms with Crippen LogP contribution in [-0.4, -0.2) is 35.9 Å². The minimum Gasteiger partial charge on any atom is -0.508 e. The summed E-state index contributed by atoms with van der Waals surface area (Å²) < 4.78 is 0. The maximum atomic E-state index is 12.4. The number of likely N-dealkylation sites (N-methyl/N-ethyl adjacent to an activating group) is 1. The van der Waals surface area contributed by atoms with E-state index < -0.39 is 6.04 Å². The number of benzene rings is 2. The van der Waals surface area contributed by atoms with Crippen molar-refractivity contribution in [1.82, 2.24) is 10.2 Å². The number of hydrogen-bond donors (Lipinski definition) is 2. The molecule has 0 aliphatic heterocycles. The molecule has 0 aliphatic carbocycles. The van der Waals surface area contributed by atoms with Gasteiger partial charge < -0.3 is 15.3 Å². The Morgan fingerprint density at radius 3 is 2.22 bits per heavy atom. The molecule has 5 nitrogen and oxygen atoms in total. The number of aromatic hydroxyl groups is 1. The molecular formula is C18H20N2O3. The Balaban J connectivity index is 2.12. The van der Waals surface area contributed by atoms with Crippen molar-refractivity contribution in [1.29, 1.82) is 0 Å². The maximum Gasteiger partial charge on any atom is 0.249 e. The third-order valence-electron chi connectivity index (χ3n) is 3.43. The molecule has 2 amide bonds. The van der Waals surface area contributed by atoms with Crippen LogP contribution in [0.4, 0.5) is 0 Å². The van der Waals surface area contributed by atoms with E-state index >= 15 is 0 Å². The first-order valence-electron chi connectivity index (χ1n) is 7.31. The zero-order chi connectivity index (χ0) is 16.8. The zero-order valence-electron chi connectivity index (χ0n) is 13.2. The number of hydrogen-bond acceptors (Lipinski definition) is 3. The summed E-state index contributed by atoms with van der Waals surface area (Å²) in [5, 5.41) is 12.1. The first-order valence-corrected chi connectivity index (χ1v) is 7.31. The van der Waals surface area contributed by atoms with Gasteiger partial charge in [0.15, 0.2) is 0 Å². The summed E-state index contributed by atoms with van der Waals surface area (Å²) in [5.41, 5.74) is 1.51. The van der Waals surface area contributed by atoms with Gasteiger partial charge in [-0.05, 0) is 23.3 Å². The van der Waals surface area contributed by atoms with Crippen LogP contribution in [0.1, 0.15) is 17.2 Å². The first-order chi connectivity index (χ1) is 11.0. The third-order valence-corrected chi connectivity index (χ3v) is 3.43. The first kappa shape index (κ1) is 16.5. The van der Waals surface area contributed by atoms with Crippen LogP contribution in [-0.2, 0) is 16.0 Å². The van der Waals surface area contributed by atoms with Crippen molar-refractivity contribution < 1.29 is 14.7 Å². The van der Waals surface area contributed by atoms with Crippen LogP contribution in [0.15, 0.2) is 54.6 Å². The molecule has 0 saturated heterocycles. The molecule has 0 heterocycles. The normalized spacial score (nSPS) is 11.6. The van der Waals surface area contributed by atoms with Crippen LogP contribution in [0.2, 0.25) is 0 Å². The van der Waals surface area contributed by atoms with Crippen LogP contribution in [0.5, 0.6) is 5.75 Å². The lowest BCUT2D eigenvalue weighted by Gasteiger charge is -2.22. The fourth-order valence-electron chi connectivity index (χ4n) is 2.20. The zero-order valence-corrected chi connectivity index (χ0v) is 13.2. The van der Waals surface area contributed by atoms with E-state index in [1.54, 1.807) is 26.2 Å². The Hall–Kier alpha value is -2.82. The van der Waals surface area contributed by atoms with Crippen LogP contribution in [0.3, 0.4) is 0 Å². The molecule has 1 unspecified atom stereocenters. The average molecular weight is 312 g/mol. The average Bonchev–Trinajstić information content (AvgIpc) is 2.55. The summed E-state index contributed by atoms with van der Waals surface area (Å²) in [6.45, 7) is 0. The summed E-state index contributed by atoms with van der Waals surface area (Å²) in [6, 6.07) is 14.9. The number of phenols is 1. The highest BCUT2D eigenvalue weighted by Crippen LogP contribution is 2.16. The molecule has 0 aromatic heterocycles. The highest BCUT2D eigenvalue weighted by molar-refractivity contribution is 5.89. The predicted molar refractivity (Wildman–Crippen MR) is 87.8 cm³/mol. The second kappa shape index (κ2) is 7.45. The molecule has 0 bridgehead atoms. The van der Waals surface area contributed by atoms with E-state index in [2.05, 4.69) is 5.32 Å². The Morgan fingerprint density at radius 2 is 1.65 bits per heavy atom. The molecule has 1 atom stereocenters. The SMILES string of the molecule is CN(C)C(=O)C(NC(=O)Cc1ccc(O)cc1)c1ccccc1. The minimum absolute atomic E-state index is 0.143. The van der Waals surface area contributed by atoms with Gasteiger partial charge >= 0.3 is 0 Å². The molecule has 23 heavy (non-hydrogen) atoms. The van der Waals surface area contributed by atoms with Crippen LogP contribution in [0.25, 0.3) is 0 Å². The van der Waals surface area contributed by atoms with Crippen molar-refractivity contribution >= 4 is 11.8 Å². The standard InChI is InChI=1S/C18H20N2O3/c1-20(2)18(23)17(14-6-4-3-5-7-14)19-16(22)12-13-8-10-15(21)11-9-13/h3-11,17,21H,12H2,1-2H3,(H,19,22). The lowest BCUT2D eigenvalue weighted by Crippen LogP contribution is -2.40. The molecule has 0 spiro atoms. The number of phenolic OH excluding ortho intramolecular Hbond substituents is 1. The molecule has 2 aromatic carbocycles. The highest BCUT2D eigenvalue weighted by Gasteiger charge is 2.24. The second-order valence-corrected chi connectivity index (χ2v) is 5.49. The topological polar surface area (TPSA) is 69.6 Å². The van der Waals surface area contributed by atoms with Gasteiger partial charge in [-0.1, -0.05) is 42.5 Å². The third kappa shape index (κ3) is 4.57. The Morgan fingerprint density at radius 1 is 1.04 bits per heavy atom. The maximum absolute atomic E-state index is 12.4. The number of nitrogens with one attached hydrogen (secondary N) is 1. The summed E-state index contributed by atoms with van der Waals surface area (Å²) in [6.07, 6.45) is 0.143. The van der Waals surface area contributed by atoms with Gasteiger partial charge in [-0.2, -0.15) is 0 Å². The molecule has 0 saturated carbocycles. The smallest absolute Gasteiger partial charge is 0.249 e. The molecule has 120 valence electrons. The van der Waals surface area contributed by atoms with E-state index in [-0.39, 0.29) is 24.0 Å². The molecule has 0 aliphatic rings. The van der Waals surface area contributed by atoms with Gasteiger partial charge in [-0.15, -0.1) is 0 Å². The quantitative estimate of drug-likeness (QED) is 0.885. The van der Waals surface area contributed by atoms with E-state index in [1.807, 2.05) is 30.3 Å². The van der Waals surface area contributed by atoms with Crippen molar-refractivity contribution in [2.75, 3.05) is 14.1 Å². The van der Waals surface area contributed by atoms with Gasteiger partial charge in [-0.25, -0.2) is 0 Å². The number of amides is 2. The van der Waals surface area contributed by atoms with Crippen LogP contribution >= 0.6 is 0 Å². The summed E-state index contributed by atoms with van der Waals surface area (Å²) in [4.78, 5) is 26.1. The Bertz CT molecular complexity index is 666. The molecule has 2 N–H and O–H groups in total. The van der Waals surface area contributed by atoms with Gasteiger partial charge in [0.1, 0.15) is 11.8 Å². The van der Waals surface area contributed by atoms with Crippen LogP contribution in [0, 0.1) is 0 Å². The van der Waals surface area contributed by atoms with Crippen molar-refractivity contribution in [3.8, 4) is 5.75 Å². The van der Waals surface area contributed by atoms with E-state index in [9.17, 15) is 14.7 Å². The molecule has 2 aromatic rings. The number of carbonyl (C=O) groups is 2. The van der Waals surface area contributed by atoms with E-state index in [4.69, 9.17) is 0 Å². The summed E-state index contributed by atoms with van der Waals surface area (Å²) >= 11 is 0. The van der Waals surface area contributed by atoms with Gasteiger partial charge in [0.25, 0.3) is 0 Å². The second-order valence-electron chi connectivity index (χ2n) is 5.49. The summed E-state index contributed by atoms with van der Waals surface area (Å²) in [5.74, 6) is -0.283. The minimum atomic E-state index is -0.712. The summed E-state index contributed by atoms with van der Waals surface area (Å²) in [7, 11) is 3.31. The fourth-order valence-corrected chi connectivity index (χ4v) is 2.20. The van der Waals surface area contributed by atoms with Gasteiger partial charge in [0.2, 0.25) is 11.8 Å². The Labute approximate surface area is 135 Å². The number of nitrogens with zero attached hydrogens (tertiary/aromatic N) is 1. The largest absolute Gasteiger partial charge is 0.508 e. The molecule has 0 radical (unpaired) electrons. The fraction of sp³-hybridized carbons (Fsp3) is 0.222. The lowest BCUT2D eigenvalue weighted by molar-refractivity contribution is -0.134. The number of rotatable bonds is 5. The molecule has 5 heteroatoms. The van der Waals surface area contributed by atoms with E-state index in [0.717, 1.165) is 11.1 Å². The highest BCUT2D eigenvalue weighted by atomic mass is 16.3. The van der Waals surface area contributed by atoms with Crippen molar-refractivity contribution in [3.63, 3.8) is 0 Å². The monoisotopic (exact) mass is 312 g/mol. The van der Waals surface area contributed by atoms with Crippen molar-refractivity contribution in [2.45, 2.75) is 12.5 Å². The van der Waals surface area contributed by atoms with Gasteiger partial charge in [0, 0.05) is 14.1 Å². The predicted octanol–water partition coefficient (Wildman–Crippen LogP) is 1.88. The lowest BCUT2D eigenvalue weighted by atomic mass is 10.0. The van der Waals surface area contributed by atoms with Crippen molar-refractivity contribution in [3.05, 3.63) is 65.7 Å². The van der Waals surface area contributed by atoms with Crippen LogP contribution < -0.4 is 5.32 Å². The van der Waals surface area contributed by atoms with Gasteiger partial charge in [0.05, 0.1) is 6.42 Å².